The number of anilines is 6. The van der Waals surface area contributed by atoms with Gasteiger partial charge in [0.05, 0.1) is 17.0 Å². The van der Waals surface area contributed by atoms with Gasteiger partial charge in [-0.3, -0.25) is 0 Å². The van der Waals surface area contributed by atoms with E-state index in [0.29, 0.717) is 0 Å². The molecule has 0 atom stereocenters. The Labute approximate surface area is 378 Å². The number of furan rings is 1. The fourth-order valence-electron chi connectivity index (χ4n) is 10.2. The van der Waals surface area contributed by atoms with Gasteiger partial charge in [-0.1, -0.05) is 146 Å². The Hall–Kier alpha value is -5.48. The van der Waals surface area contributed by atoms with Crippen molar-refractivity contribution in [3.05, 3.63) is 149 Å². The van der Waals surface area contributed by atoms with Gasteiger partial charge < -0.3 is 14.2 Å². The highest BCUT2D eigenvalue weighted by atomic mass is 16.3. The van der Waals surface area contributed by atoms with Crippen LogP contribution in [0.3, 0.4) is 0 Å². The maximum atomic E-state index is 7.42. The van der Waals surface area contributed by atoms with Gasteiger partial charge in [0.1, 0.15) is 5.58 Å². The predicted octanol–water partition coefficient (Wildman–Crippen LogP) is 15.2. The van der Waals surface area contributed by atoms with Crippen molar-refractivity contribution in [3.8, 4) is 11.1 Å². The Bertz CT molecular complexity index is 2730. The maximum Gasteiger partial charge on any atom is 0.297 e. The molecule has 0 saturated carbocycles. The molecule has 3 nitrogen and oxygen atoms in total. The van der Waals surface area contributed by atoms with Crippen molar-refractivity contribution in [2.45, 2.75) is 138 Å². The molecular formula is C59H67BN2O. The van der Waals surface area contributed by atoms with Gasteiger partial charge in [0.15, 0.2) is 0 Å². The van der Waals surface area contributed by atoms with E-state index in [9.17, 15) is 0 Å². The molecule has 0 radical (unpaired) electrons. The molecular weight excluding hydrogens is 763 g/mol. The predicted molar refractivity (Wildman–Crippen MR) is 274 cm³/mol. The van der Waals surface area contributed by atoms with Gasteiger partial charge in [0.2, 0.25) is 0 Å². The van der Waals surface area contributed by atoms with Crippen LogP contribution >= 0.6 is 0 Å². The highest BCUT2D eigenvalue weighted by Gasteiger charge is 2.48. The van der Waals surface area contributed by atoms with E-state index in [4.69, 9.17) is 4.42 Å². The average molecular weight is 831 g/mol. The van der Waals surface area contributed by atoms with Crippen LogP contribution in [0.1, 0.15) is 133 Å². The molecule has 0 spiro atoms. The first kappa shape index (κ1) is 42.8. The molecule has 9 rings (SSSR count). The van der Waals surface area contributed by atoms with E-state index in [1.165, 1.54) is 133 Å². The summed E-state index contributed by atoms with van der Waals surface area (Å²) in [6, 6.07) is 45.2. The van der Waals surface area contributed by atoms with Gasteiger partial charge in [-0.05, 0) is 157 Å². The summed E-state index contributed by atoms with van der Waals surface area (Å²) >= 11 is 0. The lowest BCUT2D eigenvalue weighted by Gasteiger charge is -2.44. The third-order valence-electron chi connectivity index (χ3n) is 13.8. The van der Waals surface area contributed by atoms with Crippen LogP contribution < -0.4 is 26.4 Å². The van der Waals surface area contributed by atoms with E-state index in [1.807, 2.05) is 0 Å². The van der Waals surface area contributed by atoms with Crippen LogP contribution in [0.15, 0.2) is 120 Å². The monoisotopic (exact) mass is 831 g/mol. The average Bonchev–Trinajstić information content (AvgIpc) is 3.68. The molecule has 6 aromatic carbocycles. The number of rotatable bonds is 15. The van der Waals surface area contributed by atoms with Crippen molar-refractivity contribution in [1.82, 2.24) is 0 Å². The molecule has 7 aromatic rings. The van der Waals surface area contributed by atoms with Gasteiger partial charge in [0.25, 0.3) is 6.71 Å². The molecule has 0 aliphatic carbocycles. The summed E-state index contributed by atoms with van der Waals surface area (Å²) in [7, 11) is 0. The van der Waals surface area contributed by atoms with Crippen molar-refractivity contribution in [2.75, 3.05) is 9.80 Å². The first-order valence-corrected chi connectivity index (χ1v) is 24.4. The summed E-state index contributed by atoms with van der Waals surface area (Å²) in [6.07, 6.45) is 13.7. The molecule has 0 bridgehead atoms. The van der Waals surface area contributed by atoms with E-state index in [2.05, 4.69) is 180 Å². The zero-order valence-electron chi connectivity index (χ0n) is 39.3. The summed E-state index contributed by atoms with van der Waals surface area (Å²) in [6.45, 7) is 18.4. The minimum absolute atomic E-state index is 0.0817. The van der Waals surface area contributed by atoms with Gasteiger partial charge in [-0.2, -0.15) is 0 Å². The Morgan fingerprint density at radius 2 is 1.14 bits per heavy atom. The molecule has 3 heterocycles. The number of benzene rings is 6. The number of unbranched alkanes of at least 4 members (excludes halogenated alkanes) is 4. The summed E-state index contributed by atoms with van der Waals surface area (Å²) in [5.74, 6) is 0. The highest BCUT2D eigenvalue weighted by Crippen LogP contribution is 2.51. The topological polar surface area (TPSA) is 19.6 Å². The second-order valence-electron chi connectivity index (χ2n) is 19.6. The first-order valence-electron chi connectivity index (χ1n) is 24.4. The van der Waals surface area contributed by atoms with Gasteiger partial charge in [-0.25, -0.2) is 0 Å². The van der Waals surface area contributed by atoms with Crippen LogP contribution in [0, 0.1) is 6.92 Å². The Balaban J connectivity index is 1.38. The smallest absolute Gasteiger partial charge is 0.297 e. The fourth-order valence-corrected chi connectivity index (χ4v) is 10.2. The molecule has 1 aromatic heterocycles. The number of hydrogen-bond donors (Lipinski definition) is 0. The Kier molecular flexibility index (Phi) is 12.2. The Morgan fingerprint density at radius 1 is 0.556 bits per heavy atom. The SMILES string of the molecule is CCCCc1ccc(-c2cc(CCCC)ccc2N2c3cc(C(C)(C)C)cc4c3B(c3cc(C)ccc3N4c3ccc(CCCC)cc3)c3oc4cccc(CCCC)c4c32)cc1. The van der Waals surface area contributed by atoms with Crippen LogP contribution in [0.25, 0.3) is 22.1 Å². The third kappa shape index (κ3) is 8.05. The van der Waals surface area contributed by atoms with Crippen LogP contribution in [0.4, 0.5) is 34.1 Å². The molecule has 0 unspecified atom stereocenters. The van der Waals surface area contributed by atoms with Crippen LogP contribution in [-0.4, -0.2) is 6.71 Å². The summed E-state index contributed by atoms with van der Waals surface area (Å²) in [5.41, 5.74) is 22.5. The van der Waals surface area contributed by atoms with Crippen molar-refractivity contribution in [1.29, 1.82) is 0 Å². The fraction of sp³-hybridized carbons (Fsp3) is 0.356. The highest BCUT2D eigenvalue weighted by molar-refractivity contribution is 7.00. The van der Waals surface area contributed by atoms with Crippen molar-refractivity contribution in [2.24, 2.45) is 0 Å². The minimum Gasteiger partial charge on any atom is -0.468 e. The van der Waals surface area contributed by atoms with E-state index in [-0.39, 0.29) is 12.1 Å². The zero-order chi connectivity index (χ0) is 43.8. The van der Waals surface area contributed by atoms with Crippen LogP contribution in [0.2, 0.25) is 0 Å². The standard InChI is InChI=1S/C59H67BN2O/c1-9-13-18-41-25-30-44(31-26-41)48-37-43(20-15-11-3)29-35-50(48)62-53-39-46(59(6,7)8)38-52-56(53)60(58-57(62)55-45(21-16-12-4)22-17-23-54(55)63-58)49-36-40(5)24-34-51(49)61(52)47-32-27-42(28-33-47)19-14-10-2/h17,22-39H,9-16,18-21H2,1-8H3. The van der Waals surface area contributed by atoms with Gasteiger partial charge in [0, 0.05) is 33.7 Å². The first-order chi connectivity index (χ1) is 30.6. The molecule has 0 N–H and O–H groups in total. The van der Waals surface area contributed by atoms with E-state index < -0.39 is 0 Å². The lowest BCUT2D eigenvalue weighted by molar-refractivity contribution is 0.590. The number of nitrogens with zero attached hydrogens (tertiary/aromatic N) is 2. The van der Waals surface area contributed by atoms with Gasteiger partial charge >= 0.3 is 0 Å². The maximum absolute atomic E-state index is 7.42. The Morgan fingerprint density at radius 3 is 1.79 bits per heavy atom. The van der Waals surface area contributed by atoms with Crippen LogP contribution in [-0.2, 0) is 31.1 Å². The normalized spacial score (nSPS) is 13.1. The molecule has 0 saturated heterocycles. The number of fused-ring (bicyclic) bond motifs is 6. The summed E-state index contributed by atoms with van der Waals surface area (Å²) in [4.78, 5) is 5.21. The second kappa shape index (κ2) is 18.0. The second-order valence-corrected chi connectivity index (χ2v) is 19.6. The zero-order valence-corrected chi connectivity index (χ0v) is 39.3. The molecule has 0 fully saturated rings. The number of aryl methyl sites for hydroxylation is 5. The molecule has 4 heteroatoms. The van der Waals surface area contributed by atoms with Crippen LogP contribution in [0.5, 0.6) is 0 Å². The minimum atomic E-state index is -0.109. The van der Waals surface area contributed by atoms with Gasteiger partial charge in [-0.15, -0.1) is 0 Å². The number of hydrogen-bond acceptors (Lipinski definition) is 3. The van der Waals surface area contributed by atoms with E-state index in [0.717, 1.165) is 49.8 Å². The lowest BCUT2D eigenvalue weighted by atomic mass is 9.35. The largest absolute Gasteiger partial charge is 0.468 e. The van der Waals surface area contributed by atoms with E-state index >= 15 is 0 Å². The third-order valence-corrected chi connectivity index (χ3v) is 13.8. The van der Waals surface area contributed by atoms with Crippen molar-refractivity contribution in [3.63, 3.8) is 0 Å². The molecule has 2 aliphatic rings. The van der Waals surface area contributed by atoms with E-state index in [1.54, 1.807) is 0 Å². The van der Waals surface area contributed by atoms with Crippen molar-refractivity contribution >= 4 is 68.4 Å². The molecule has 322 valence electrons. The molecule has 2 aliphatic heterocycles. The molecule has 0 amide bonds. The summed E-state index contributed by atoms with van der Waals surface area (Å²) in [5, 5.41) is 1.25. The van der Waals surface area contributed by atoms with Crippen molar-refractivity contribution < 1.29 is 4.42 Å². The summed E-state index contributed by atoms with van der Waals surface area (Å²) < 4.78 is 7.42. The molecule has 63 heavy (non-hydrogen) atoms. The quantitative estimate of drug-likeness (QED) is 0.0960. The lowest BCUT2D eigenvalue weighted by Crippen LogP contribution is -2.61.